The average Bonchev–Trinajstić information content (AvgIpc) is 2.23. The smallest absolute Gasteiger partial charge is 0.168 e. The molecule has 1 heteroatoms. The summed E-state index contributed by atoms with van der Waals surface area (Å²) in [5.41, 5.74) is 3.07. The first-order valence-corrected chi connectivity index (χ1v) is 7.44. The van der Waals surface area contributed by atoms with Crippen molar-refractivity contribution in [3.63, 3.8) is 0 Å². The SMILES string of the molecule is CC(C)(C)C(=O)c1cc(C(C)(C)C)cc(C(C)(C)C)c1. The predicted octanol–water partition coefficient (Wildman–Crippen LogP) is 5.51. The van der Waals surface area contributed by atoms with E-state index in [0.717, 1.165) is 5.56 Å². The molecule has 0 aromatic heterocycles. The predicted molar refractivity (Wildman–Crippen MR) is 87.6 cm³/mol. The minimum Gasteiger partial charge on any atom is -0.294 e. The Balaban J connectivity index is 3.51. The Labute approximate surface area is 124 Å². The molecule has 1 aromatic rings. The van der Waals surface area contributed by atoms with Gasteiger partial charge in [0, 0.05) is 11.0 Å². The monoisotopic (exact) mass is 274 g/mol. The third-order valence-electron chi connectivity index (χ3n) is 3.61. The van der Waals surface area contributed by atoms with Crippen molar-refractivity contribution in [2.24, 2.45) is 5.41 Å². The summed E-state index contributed by atoms with van der Waals surface area (Å²) in [5.74, 6) is 0.217. The molecule has 0 aliphatic carbocycles. The third-order valence-corrected chi connectivity index (χ3v) is 3.61. The van der Waals surface area contributed by atoms with E-state index >= 15 is 0 Å². The van der Waals surface area contributed by atoms with Gasteiger partial charge in [0.25, 0.3) is 0 Å². The molecule has 20 heavy (non-hydrogen) atoms. The first-order chi connectivity index (χ1) is 8.73. The highest BCUT2D eigenvalue weighted by Gasteiger charge is 2.27. The molecule has 0 aliphatic rings. The Morgan fingerprint density at radius 1 is 0.700 bits per heavy atom. The molecular formula is C19H30O. The molecule has 0 N–H and O–H groups in total. The highest BCUT2D eigenvalue weighted by atomic mass is 16.1. The number of Topliss-reactive ketones (excluding diaryl/α,β-unsaturated/α-hetero) is 1. The van der Waals surface area contributed by atoms with E-state index in [2.05, 4.69) is 59.7 Å². The zero-order valence-electron chi connectivity index (χ0n) is 14.6. The molecule has 0 amide bonds. The van der Waals surface area contributed by atoms with Crippen LogP contribution in [0.2, 0.25) is 0 Å². The standard InChI is InChI=1S/C19H30O/c1-17(2,3)14-10-13(16(20)19(7,8)9)11-15(12-14)18(4,5)6/h10-12H,1-9H3. The summed E-state index contributed by atoms with van der Waals surface area (Å²) in [6.45, 7) is 19.1. The second-order valence-corrected chi connectivity index (χ2v) is 8.88. The van der Waals surface area contributed by atoms with Crippen LogP contribution in [0, 0.1) is 5.41 Å². The Morgan fingerprint density at radius 3 is 1.30 bits per heavy atom. The van der Waals surface area contributed by atoms with Crippen molar-refractivity contribution in [1.29, 1.82) is 0 Å². The average molecular weight is 274 g/mol. The number of ketones is 1. The molecule has 0 heterocycles. The van der Waals surface area contributed by atoms with Crippen molar-refractivity contribution in [2.45, 2.75) is 73.1 Å². The summed E-state index contributed by atoms with van der Waals surface area (Å²) in [7, 11) is 0. The van der Waals surface area contributed by atoms with Crippen LogP contribution in [-0.2, 0) is 10.8 Å². The van der Waals surface area contributed by atoms with Crippen molar-refractivity contribution >= 4 is 5.78 Å². The summed E-state index contributed by atoms with van der Waals surface area (Å²) in [5, 5.41) is 0. The van der Waals surface area contributed by atoms with E-state index in [0.29, 0.717) is 0 Å². The Kier molecular flexibility index (Phi) is 4.25. The van der Waals surface area contributed by atoms with Gasteiger partial charge in [-0.15, -0.1) is 0 Å². The number of benzene rings is 1. The van der Waals surface area contributed by atoms with Gasteiger partial charge in [-0.3, -0.25) is 4.79 Å². The first kappa shape index (κ1) is 16.9. The normalized spacial score (nSPS) is 13.4. The van der Waals surface area contributed by atoms with Crippen LogP contribution in [0.4, 0.5) is 0 Å². The molecule has 0 saturated carbocycles. The highest BCUT2D eigenvalue weighted by Crippen LogP contribution is 2.32. The number of carbonyl (C=O) groups is 1. The van der Waals surface area contributed by atoms with Gasteiger partial charge in [-0.05, 0) is 34.1 Å². The second-order valence-electron chi connectivity index (χ2n) is 8.88. The lowest BCUT2D eigenvalue weighted by Gasteiger charge is -2.27. The van der Waals surface area contributed by atoms with E-state index in [-0.39, 0.29) is 22.0 Å². The molecule has 1 nitrogen and oxygen atoms in total. The van der Waals surface area contributed by atoms with Crippen LogP contribution in [0.25, 0.3) is 0 Å². The molecule has 0 bridgehead atoms. The van der Waals surface area contributed by atoms with Gasteiger partial charge < -0.3 is 0 Å². The first-order valence-electron chi connectivity index (χ1n) is 7.44. The molecule has 0 radical (unpaired) electrons. The Bertz CT molecular complexity index is 470. The lowest BCUT2D eigenvalue weighted by Crippen LogP contribution is -2.23. The topological polar surface area (TPSA) is 17.1 Å². The van der Waals surface area contributed by atoms with Crippen molar-refractivity contribution in [3.8, 4) is 0 Å². The van der Waals surface area contributed by atoms with Crippen LogP contribution < -0.4 is 0 Å². The van der Waals surface area contributed by atoms with Gasteiger partial charge in [0.1, 0.15) is 0 Å². The lowest BCUT2D eigenvalue weighted by molar-refractivity contribution is 0.0858. The molecule has 0 saturated heterocycles. The van der Waals surface area contributed by atoms with E-state index in [9.17, 15) is 4.79 Å². The zero-order valence-corrected chi connectivity index (χ0v) is 14.6. The fraction of sp³-hybridized carbons (Fsp3) is 0.632. The number of carbonyl (C=O) groups excluding carboxylic acids is 1. The fourth-order valence-corrected chi connectivity index (χ4v) is 2.06. The van der Waals surface area contributed by atoms with Gasteiger partial charge in [-0.25, -0.2) is 0 Å². The van der Waals surface area contributed by atoms with Crippen LogP contribution in [-0.4, -0.2) is 5.78 Å². The van der Waals surface area contributed by atoms with E-state index in [1.54, 1.807) is 0 Å². The van der Waals surface area contributed by atoms with Crippen LogP contribution in [0.3, 0.4) is 0 Å². The lowest BCUT2D eigenvalue weighted by atomic mass is 9.77. The highest BCUT2D eigenvalue weighted by molar-refractivity contribution is 6.00. The number of hydrogen-bond donors (Lipinski definition) is 0. The summed E-state index contributed by atoms with van der Waals surface area (Å²) in [6, 6.07) is 6.39. The van der Waals surface area contributed by atoms with Crippen molar-refractivity contribution in [3.05, 3.63) is 34.9 Å². The van der Waals surface area contributed by atoms with Gasteiger partial charge in [0.05, 0.1) is 0 Å². The Hall–Kier alpha value is -1.11. The van der Waals surface area contributed by atoms with Gasteiger partial charge in [0.15, 0.2) is 5.78 Å². The summed E-state index contributed by atoms with van der Waals surface area (Å²) >= 11 is 0. The van der Waals surface area contributed by atoms with Crippen LogP contribution >= 0.6 is 0 Å². The maximum absolute atomic E-state index is 12.6. The quantitative estimate of drug-likeness (QED) is 0.617. The fourth-order valence-electron chi connectivity index (χ4n) is 2.06. The summed E-state index contributed by atoms with van der Waals surface area (Å²) in [6.07, 6.45) is 0. The molecule has 0 atom stereocenters. The molecule has 0 aliphatic heterocycles. The third kappa shape index (κ3) is 3.94. The molecule has 0 spiro atoms. The summed E-state index contributed by atoms with van der Waals surface area (Å²) in [4.78, 5) is 12.6. The van der Waals surface area contributed by atoms with E-state index in [4.69, 9.17) is 0 Å². The maximum Gasteiger partial charge on any atom is 0.168 e. The maximum atomic E-state index is 12.6. The van der Waals surface area contributed by atoms with Gasteiger partial charge in [-0.2, -0.15) is 0 Å². The molecule has 0 unspecified atom stereocenters. The summed E-state index contributed by atoms with van der Waals surface area (Å²) < 4.78 is 0. The van der Waals surface area contributed by atoms with E-state index in [1.165, 1.54) is 11.1 Å². The van der Waals surface area contributed by atoms with E-state index < -0.39 is 0 Å². The number of rotatable bonds is 1. The van der Waals surface area contributed by atoms with Crippen molar-refractivity contribution < 1.29 is 4.79 Å². The minimum absolute atomic E-state index is 0.0498. The van der Waals surface area contributed by atoms with Gasteiger partial charge in [-0.1, -0.05) is 68.4 Å². The van der Waals surface area contributed by atoms with Crippen LogP contribution in [0.1, 0.15) is 83.8 Å². The number of hydrogen-bond acceptors (Lipinski definition) is 1. The second kappa shape index (κ2) is 5.02. The van der Waals surface area contributed by atoms with Gasteiger partial charge in [0.2, 0.25) is 0 Å². The molecular weight excluding hydrogens is 244 g/mol. The zero-order chi connectivity index (χ0) is 15.9. The Morgan fingerprint density at radius 2 is 1.05 bits per heavy atom. The van der Waals surface area contributed by atoms with Crippen molar-refractivity contribution in [2.75, 3.05) is 0 Å². The minimum atomic E-state index is -0.342. The van der Waals surface area contributed by atoms with Crippen LogP contribution in [0.5, 0.6) is 0 Å². The molecule has 1 aromatic carbocycles. The molecule has 0 fully saturated rings. The van der Waals surface area contributed by atoms with Crippen LogP contribution in [0.15, 0.2) is 18.2 Å². The largest absolute Gasteiger partial charge is 0.294 e. The van der Waals surface area contributed by atoms with Crippen molar-refractivity contribution in [1.82, 2.24) is 0 Å². The van der Waals surface area contributed by atoms with Gasteiger partial charge >= 0.3 is 0 Å². The molecule has 1 rings (SSSR count). The van der Waals surface area contributed by atoms with E-state index in [1.807, 2.05) is 20.8 Å². The molecule has 112 valence electrons.